The molecule has 1 aliphatic heterocycles. The molecule has 1 aromatic carbocycles. The summed E-state index contributed by atoms with van der Waals surface area (Å²) in [6, 6.07) is 8.77. The number of halogens is 1. The predicted molar refractivity (Wildman–Crippen MR) is 77.8 cm³/mol. The van der Waals surface area contributed by atoms with E-state index in [2.05, 4.69) is 58.0 Å². The third kappa shape index (κ3) is 2.85. The lowest BCUT2D eigenvalue weighted by Gasteiger charge is -2.29. The molecular weight excluding hydrogens is 290 g/mol. The average Bonchev–Trinajstić information content (AvgIpc) is 2.76. The summed E-state index contributed by atoms with van der Waals surface area (Å²) in [6.07, 6.45) is 2.49. The van der Waals surface area contributed by atoms with Gasteiger partial charge in [0.25, 0.3) is 0 Å². The molecule has 1 fully saturated rings. The van der Waals surface area contributed by atoms with Crippen LogP contribution in [0.15, 0.2) is 22.7 Å². The van der Waals surface area contributed by atoms with E-state index in [-0.39, 0.29) is 0 Å². The molecular formula is C14H18BrN3. The standard InChI is InChI=1S/C14H18BrN3/c1-17(2)10-13-4-3-7-18(13)12-6-5-11(9-16)14(15)8-12/h5-6,8,13H,3-4,7,10H2,1-2H3. The molecule has 1 aromatic rings. The Kier molecular flexibility index (Phi) is 4.26. The fourth-order valence-electron chi connectivity index (χ4n) is 2.56. The molecule has 1 atom stereocenters. The van der Waals surface area contributed by atoms with Crippen molar-refractivity contribution >= 4 is 21.6 Å². The van der Waals surface area contributed by atoms with Gasteiger partial charge in [-0.15, -0.1) is 0 Å². The van der Waals surface area contributed by atoms with Crippen molar-refractivity contribution in [3.05, 3.63) is 28.2 Å². The fourth-order valence-corrected chi connectivity index (χ4v) is 3.02. The second-order valence-electron chi connectivity index (χ2n) is 5.03. The van der Waals surface area contributed by atoms with Gasteiger partial charge in [0.15, 0.2) is 0 Å². The van der Waals surface area contributed by atoms with E-state index in [1.807, 2.05) is 6.07 Å². The highest BCUT2D eigenvalue weighted by molar-refractivity contribution is 9.10. The van der Waals surface area contributed by atoms with Crippen LogP contribution in [-0.2, 0) is 0 Å². The summed E-state index contributed by atoms with van der Waals surface area (Å²) < 4.78 is 0.887. The summed E-state index contributed by atoms with van der Waals surface area (Å²) in [5, 5.41) is 8.95. The number of rotatable bonds is 3. The first kappa shape index (κ1) is 13.4. The Hall–Kier alpha value is -1.05. The molecule has 2 rings (SSSR count). The summed E-state index contributed by atoms with van der Waals surface area (Å²) >= 11 is 3.47. The molecule has 0 N–H and O–H groups in total. The molecule has 4 heteroatoms. The summed E-state index contributed by atoms with van der Waals surface area (Å²) in [7, 11) is 4.23. The molecule has 0 saturated carbocycles. The van der Waals surface area contributed by atoms with Crippen LogP contribution in [0.25, 0.3) is 0 Å². The summed E-state index contributed by atoms with van der Waals surface area (Å²) in [5.74, 6) is 0. The van der Waals surface area contributed by atoms with E-state index in [4.69, 9.17) is 5.26 Å². The number of hydrogen-bond acceptors (Lipinski definition) is 3. The van der Waals surface area contributed by atoms with Crippen LogP contribution in [0.5, 0.6) is 0 Å². The second kappa shape index (κ2) is 5.73. The second-order valence-corrected chi connectivity index (χ2v) is 5.88. The highest BCUT2D eigenvalue weighted by atomic mass is 79.9. The van der Waals surface area contributed by atoms with E-state index in [1.165, 1.54) is 18.5 Å². The maximum atomic E-state index is 8.95. The summed E-state index contributed by atoms with van der Waals surface area (Å²) in [6.45, 7) is 2.19. The van der Waals surface area contributed by atoms with Crippen LogP contribution in [0.3, 0.4) is 0 Å². The Labute approximate surface area is 117 Å². The molecule has 3 nitrogen and oxygen atoms in total. The molecule has 0 aliphatic carbocycles. The van der Waals surface area contributed by atoms with Gasteiger partial charge in [0.1, 0.15) is 6.07 Å². The monoisotopic (exact) mass is 307 g/mol. The molecule has 1 heterocycles. The molecule has 0 spiro atoms. The molecule has 0 bridgehead atoms. The van der Waals surface area contributed by atoms with Crippen LogP contribution in [0, 0.1) is 11.3 Å². The van der Waals surface area contributed by atoms with E-state index < -0.39 is 0 Å². The number of nitrogens with zero attached hydrogens (tertiary/aromatic N) is 3. The number of likely N-dealkylation sites (N-methyl/N-ethyl adjacent to an activating group) is 1. The van der Waals surface area contributed by atoms with Gasteiger partial charge in [0.05, 0.1) is 5.56 Å². The Bertz CT molecular complexity index is 465. The average molecular weight is 308 g/mol. The smallest absolute Gasteiger partial charge is 0.100 e. The van der Waals surface area contributed by atoms with Crippen molar-refractivity contribution in [3.63, 3.8) is 0 Å². The lowest BCUT2D eigenvalue weighted by Crippen LogP contribution is -2.37. The van der Waals surface area contributed by atoms with Crippen molar-refractivity contribution < 1.29 is 0 Å². The third-order valence-corrected chi connectivity index (χ3v) is 4.01. The van der Waals surface area contributed by atoms with Crippen molar-refractivity contribution in [2.24, 2.45) is 0 Å². The van der Waals surface area contributed by atoms with E-state index >= 15 is 0 Å². The molecule has 96 valence electrons. The van der Waals surface area contributed by atoms with Gasteiger partial charge in [-0.25, -0.2) is 0 Å². The highest BCUT2D eigenvalue weighted by Gasteiger charge is 2.25. The van der Waals surface area contributed by atoms with Crippen LogP contribution >= 0.6 is 15.9 Å². The van der Waals surface area contributed by atoms with E-state index in [9.17, 15) is 0 Å². The Balaban J connectivity index is 2.20. The van der Waals surface area contributed by atoms with E-state index in [1.54, 1.807) is 0 Å². The molecule has 0 aromatic heterocycles. The number of anilines is 1. The SMILES string of the molecule is CN(C)CC1CCCN1c1ccc(C#N)c(Br)c1. The van der Waals surface area contributed by atoms with Crippen LogP contribution in [0.2, 0.25) is 0 Å². The Morgan fingerprint density at radius 2 is 2.28 bits per heavy atom. The third-order valence-electron chi connectivity index (χ3n) is 3.36. The minimum absolute atomic E-state index is 0.583. The topological polar surface area (TPSA) is 30.3 Å². The van der Waals surface area contributed by atoms with Crippen LogP contribution in [-0.4, -0.2) is 38.1 Å². The molecule has 0 amide bonds. The maximum Gasteiger partial charge on any atom is 0.100 e. The number of hydrogen-bond donors (Lipinski definition) is 0. The highest BCUT2D eigenvalue weighted by Crippen LogP contribution is 2.29. The van der Waals surface area contributed by atoms with Crippen molar-refractivity contribution in [1.29, 1.82) is 5.26 Å². The van der Waals surface area contributed by atoms with Gasteiger partial charge >= 0.3 is 0 Å². The summed E-state index contributed by atoms with van der Waals surface area (Å²) in [4.78, 5) is 4.69. The van der Waals surface area contributed by atoms with Gasteiger partial charge in [-0.05, 0) is 61.1 Å². The van der Waals surface area contributed by atoms with Gasteiger partial charge in [-0.3, -0.25) is 0 Å². The van der Waals surface area contributed by atoms with E-state index in [0.29, 0.717) is 11.6 Å². The number of benzene rings is 1. The molecule has 18 heavy (non-hydrogen) atoms. The maximum absolute atomic E-state index is 8.95. The summed E-state index contributed by atoms with van der Waals surface area (Å²) in [5.41, 5.74) is 1.91. The minimum Gasteiger partial charge on any atom is -0.367 e. The zero-order chi connectivity index (χ0) is 13.1. The Morgan fingerprint density at radius 1 is 1.50 bits per heavy atom. The normalized spacial score (nSPS) is 19.3. The molecule has 1 aliphatic rings. The van der Waals surface area contributed by atoms with Gasteiger partial charge in [0.2, 0.25) is 0 Å². The minimum atomic E-state index is 0.583. The largest absolute Gasteiger partial charge is 0.367 e. The van der Waals surface area contributed by atoms with Crippen LogP contribution < -0.4 is 4.90 Å². The fraction of sp³-hybridized carbons (Fsp3) is 0.500. The van der Waals surface area contributed by atoms with Gasteiger partial charge in [0, 0.05) is 29.3 Å². The lowest BCUT2D eigenvalue weighted by molar-refractivity contribution is 0.372. The van der Waals surface area contributed by atoms with Crippen LogP contribution in [0.4, 0.5) is 5.69 Å². The molecule has 1 saturated heterocycles. The zero-order valence-corrected chi connectivity index (χ0v) is 12.4. The first-order valence-corrected chi connectivity index (χ1v) is 7.02. The van der Waals surface area contributed by atoms with Crippen molar-refractivity contribution in [2.75, 3.05) is 32.1 Å². The quantitative estimate of drug-likeness (QED) is 0.860. The first-order chi connectivity index (χ1) is 8.61. The van der Waals surface area contributed by atoms with Crippen molar-refractivity contribution in [3.8, 4) is 6.07 Å². The van der Waals surface area contributed by atoms with Crippen molar-refractivity contribution in [2.45, 2.75) is 18.9 Å². The molecule has 1 unspecified atom stereocenters. The van der Waals surface area contributed by atoms with Gasteiger partial charge in [-0.1, -0.05) is 0 Å². The zero-order valence-electron chi connectivity index (χ0n) is 10.9. The first-order valence-electron chi connectivity index (χ1n) is 6.23. The predicted octanol–water partition coefficient (Wildman–Crippen LogP) is 2.85. The van der Waals surface area contributed by atoms with Crippen molar-refractivity contribution in [1.82, 2.24) is 4.90 Å². The van der Waals surface area contributed by atoms with Gasteiger partial charge in [-0.2, -0.15) is 5.26 Å². The Morgan fingerprint density at radius 3 is 2.89 bits per heavy atom. The van der Waals surface area contributed by atoms with Crippen LogP contribution in [0.1, 0.15) is 18.4 Å². The lowest BCUT2D eigenvalue weighted by atomic mass is 10.1. The van der Waals surface area contributed by atoms with E-state index in [0.717, 1.165) is 17.6 Å². The number of nitriles is 1. The molecule has 0 radical (unpaired) electrons. The van der Waals surface area contributed by atoms with Gasteiger partial charge < -0.3 is 9.80 Å².